The first-order valence-corrected chi connectivity index (χ1v) is 4.25. The first-order chi connectivity index (χ1) is 4.20. The molecule has 1 aliphatic rings. The van der Waals surface area contributed by atoms with Crippen LogP contribution in [0.2, 0.25) is 0 Å². The van der Waals surface area contributed by atoms with E-state index in [1.165, 1.54) is 0 Å². The topological polar surface area (TPSA) is 23.5 Å². The molecule has 2 unspecified atom stereocenters. The van der Waals surface area contributed by atoms with Crippen molar-refractivity contribution in [1.82, 2.24) is 3.11 Å². The summed E-state index contributed by atoms with van der Waals surface area (Å²) >= 11 is 2.26. The Hall–Kier alpha value is 0.650. The van der Waals surface area contributed by atoms with Crippen molar-refractivity contribution < 1.29 is 5.11 Å². The van der Waals surface area contributed by atoms with Gasteiger partial charge in [-0.15, -0.1) is 0 Å². The molecular weight excluding hydrogens is 229 g/mol. The molecule has 0 aromatic rings. The molecule has 1 heterocycles. The van der Waals surface area contributed by atoms with Gasteiger partial charge < -0.3 is 5.11 Å². The van der Waals surface area contributed by atoms with Gasteiger partial charge in [-0.05, 0) is 12.3 Å². The molecule has 0 saturated carbocycles. The van der Waals surface area contributed by atoms with Crippen LogP contribution in [0.4, 0.5) is 0 Å². The molecule has 0 aromatic heterocycles. The van der Waals surface area contributed by atoms with Crippen LogP contribution in [-0.2, 0) is 0 Å². The van der Waals surface area contributed by atoms with Gasteiger partial charge in [-0.1, -0.05) is 6.92 Å². The number of halogens is 1. The molecule has 0 aliphatic carbocycles. The number of rotatable bonds is 0. The zero-order valence-electron chi connectivity index (χ0n) is 5.55. The van der Waals surface area contributed by atoms with Gasteiger partial charge >= 0.3 is 0 Å². The summed E-state index contributed by atoms with van der Waals surface area (Å²) in [6, 6.07) is 0. The van der Waals surface area contributed by atoms with E-state index < -0.39 is 0 Å². The minimum Gasteiger partial charge on any atom is -0.391 e. The van der Waals surface area contributed by atoms with Gasteiger partial charge in [-0.2, -0.15) is 0 Å². The fraction of sp³-hybridized carbons (Fsp3) is 1.00. The van der Waals surface area contributed by atoms with Gasteiger partial charge in [0, 0.05) is 36.0 Å². The van der Waals surface area contributed by atoms with Crippen molar-refractivity contribution in [3.05, 3.63) is 0 Å². The Kier molecular flexibility index (Phi) is 2.73. The normalized spacial score (nSPS) is 39.0. The van der Waals surface area contributed by atoms with Crippen LogP contribution in [0.1, 0.15) is 13.3 Å². The number of β-amino-alcohol motifs (C(OH)–C–C–N with tert-alkyl or cyclic N) is 1. The number of aliphatic hydroxyl groups excluding tert-OH is 1. The quantitative estimate of drug-likeness (QED) is 0.506. The molecule has 0 amide bonds. The largest absolute Gasteiger partial charge is 0.391 e. The molecule has 2 atom stereocenters. The fourth-order valence-electron chi connectivity index (χ4n) is 1.01. The van der Waals surface area contributed by atoms with Crippen LogP contribution in [0.5, 0.6) is 0 Å². The number of aliphatic hydroxyl groups is 1. The Labute approximate surface area is 69.7 Å². The van der Waals surface area contributed by atoms with Crippen molar-refractivity contribution in [3.63, 3.8) is 0 Å². The Morgan fingerprint density at radius 3 is 2.78 bits per heavy atom. The third kappa shape index (κ3) is 2.05. The second-order valence-electron chi connectivity index (χ2n) is 2.70. The van der Waals surface area contributed by atoms with Gasteiger partial charge in [0.2, 0.25) is 0 Å². The molecule has 0 radical (unpaired) electrons. The van der Waals surface area contributed by atoms with Crippen LogP contribution in [0.25, 0.3) is 0 Å². The van der Waals surface area contributed by atoms with Crippen molar-refractivity contribution in [3.8, 4) is 0 Å². The predicted molar refractivity (Wildman–Crippen MR) is 45.4 cm³/mol. The molecule has 54 valence electrons. The van der Waals surface area contributed by atoms with E-state index in [1.54, 1.807) is 0 Å². The molecule has 0 spiro atoms. The summed E-state index contributed by atoms with van der Waals surface area (Å²) in [4.78, 5) is 0. The molecule has 0 aromatic carbocycles. The Bertz CT molecular complexity index is 99.1. The lowest BCUT2D eigenvalue weighted by Gasteiger charge is -2.29. The predicted octanol–water partition coefficient (Wildman–Crippen LogP) is 1.04. The monoisotopic (exact) mass is 241 g/mol. The van der Waals surface area contributed by atoms with Crippen LogP contribution < -0.4 is 0 Å². The summed E-state index contributed by atoms with van der Waals surface area (Å²) < 4.78 is 2.14. The van der Waals surface area contributed by atoms with Crippen molar-refractivity contribution in [1.29, 1.82) is 0 Å². The zero-order chi connectivity index (χ0) is 6.85. The van der Waals surface area contributed by atoms with E-state index in [4.69, 9.17) is 0 Å². The van der Waals surface area contributed by atoms with Crippen LogP contribution in [0, 0.1) is 5.92 Å². The molecule has 1 fully saturated rings. The van der Waals surface area contributed by atoms with Crippen molar-refractivity contribution in [2.75, 3.05) is 13.1 Å². The SMILES string of the molecule is CC1CCN(I)CC1O. The van der Waals surface area contributed by atoms with Crippen LogP contribution in [0.3, 0.4) is 0 Å². The van der Waals surface area contributed by atoms with E-state index in [-0.39, 0.29) is 6.10 Å². The first-order valence-electron chi connectivity index (χ1n) is 3.29. The second-order valence-corrected chi connectivity index (χ2v) is 4.07. The van der Waals surface area contributed by atoms with Gasteiger partial charge in [-0.25, -0.2) is 3.11 Å². The summed E-state index contributed by atoms with van der Waals surface area (Å²) in [5, 5.41) is 9.30. The van der Waals surface area contributed by atoms with Crippen LogP contribution in [-0.4, -0.2) is 27.4 Å². The highest BCUT2D eigenvalue weighted by Crippen LogP contribution is 2.18. The average molecular weight is 241 g/mol. The van der Waals surface area contributed by atoms with E-state index in [0.717, 1.165) is 19.5 Å². The minimum absolute atomic E-state index is 0.101. The Morgan fingerprint density at radius 2 is 2.33 bits per heavy atom. The summed E-state index contributed by atoms with van der Waals surface area (Å²) in [5.41, 5.74) is 0. The van der Waals surface area contributed by atoms with Gasteiger partial charge in [0.25, 0.3) is 0 Å². The number of hydrogen-bond acceptors (Lipinski definition) is 2. The third-order valence-electron chi connectivity index (χ3n) is 1.87. The van der Waals surface area contributed by atoms with Crippen LogP contribution >= 0.6 is 22.9 Å². The van der Waals surface area contributed by atoms with E-state index in [9.17, 15) is 5.11 Å². The van der Waals surface area contributed by atoms with Gasteiger partial charge in [-0.3, -0.25) is 0 Å². The fourth-order valence-corrected chi connectivity index (χ4v) is 1.69. The molecular formula is C6H12INO. The van der Waals surface area contributed by atoms with Crippen molar-refractivity contribution >= 4 is 22.9 Å². The molecule has 1 N–H and O–H groups in total. The Balaban J connectivity index is 2.35. The Morgan fingerprint density at radius 1 is 1.67 bits per heavy atom. The minimum atomic E-state index is -0.101. The molecule has 2 nitrogen and oxygen atoms in total. The molecule has 1 rings (SSSR count). The number of piperidine rings is 1. The smallest absolute Gasteiger partial charge is 0.0701 e. The van der Waals surface area contributed by atoms with E-state index in [1.807, 2.05) is 0 Å². The molecule has 1 saturated heterocycles. The first kappa shape index (κ1) is 7.75. The molecule has 9 heavy (non-hydrogen) atoms. The second kappa shape index (κ2) is 3.16. The highest BCUT2D eigenvalue weighted by atomic mass is 127. The zero-order valence-corrected chi connectivity index (χ0v) is 7.71. The molecule has 3 heteroatoms. The van der Waals surface area contributed by atoms with Crippen molar-refractivity contribution in [2.45, 2.75) is 19.4 Å². The summed E-state index contributed by atoms with van der Waals surface area (Å²) in [7, 11) is 0. The average Bonchev–Trinajstić information content (AvgIpc) is 1.80. The maximum Gasteiger partial charge on any atom is 0.0701 e. The highest BCUT2D eigenvalue weighted by Gasteiger charge is 2.22. The number of nitrogens with zero attached hydrogens (tertiary/aromatic N) is 1. The maximum absolute atomic E-state index is 9.30. The van der Waals surface area contributed by atoms with E-state index >= 15 is 0 Å². The lowest BCUT2D eigenvalue weighted by atomic mass is 9.98. The summed E-state index contributed by atoms with van der Waals surface area (Å²) in [5.74, 6) is 0.496. The molecule has 1 aliphatic heterocycles. The van der Waals surface area contributed by atoms with Gasteiger partial charge in [0.05, 0.1) is 6.10 Å². The van der Waals surface area contributed by atoms with Crippen molar-refractivity contribution in [2.24, 2.45) is 5.92 Å². The van der Waals surface area contributed by atoms with Gasteiger partial charge in [0.1, 0.15) is 0 Å². The maximum atomic E-state index is 9.30. The standard InChI is InChI=1S/C6H12INO/c1-5-2-3-8(7)4-6(5)9/h5-6,9H,2-4H2,1H3. The molecule has 0 bridgehead atoms. The summed E-state index contributed by atoms with van der Waals surface area (Å²) in [6.45, 7) is 4.06. The summed E-state index contributed by atoms with van der Waals surface area (Å²) in [6.07, 6.45) is 1.03. The lowest BCUT2D eigenvalue weighted by Crippen LogP contribution is -2.37. The number of hydrogen-bond donors (Lipinski definition) is 1. The third-order valence-corrected chi connectivity index (χ3v) is 2.75. The van der Waals surface area contributed by atoms with E-state index in [2.05, 4.69) is 32.9 Å². The van der Waals surface area contributed by atoms with E-state index in [0.29, 0.717) is 5.92 Å². The lowest BCUT2D eigenvalue weighted by molar-refractivity contribution is 0.0697. The van der Waals surface area contributed by atoms with Crippen LogP contribution in [0.15, 0.2) is 0 Å². The highest BCUT2D eigenvalue weighted by molar-refractivity contribution is 14.1. The van der Waals surface area contributed by atoms with Gasteiger partial charge in [0.15, 0.2) is 0 Å².